The van der Waals surface area contributed by atoms with Crippen molar-refractivity contribution in [1.82, 2.24) is 0 Å². The van der Waals surface area contributed by atoms with Crippen LogP contribution in [0.3, 0.4) is 0 Å². The second kappa shape index (κ2) is 6.72. The Bertz CT molecular complexity index is 587. The fourth-order valence-electron chi connectivity index (χ4n) is 6.96. The summed E-state index contributed by atoms with van der Waals surface area (Å²) in [6.45, 7) is 5.93. The Balaban J connectivity index is 1.47. The monoisotopic (exact) mass is 362 g/mol. The minimum atomic E-state index is -1.09. The van der Waals surface area contributed by atoms with E-state index >= 15 is 0 Å². The summed E-state index contributed by atoms with van der Waals surface area (Å²) in [4.78, 5) is 12.4. The van der Waals surface area contributed by atoms with Gasteiger partial charge in [-0.05, 0) is 87.0 Å². The maximum Gasteiger partial charge on any atom is 0.269 e. The van der Waals surface area contributed by atoms with Crippen LogP contribution in [0, 0.1) is 34.5 Å². The lowest BCUT2D eigenvalue weighted by Crippen LogP contribution is -2.54. The Labute approximate surface area is 157 Å². The first-order valence-corrected chi connectivity index (χ1v) is 10.6. The van der Waals surface area contributed by atoms with Crippen LogP contribution in [0.25, 0.3) is 0 Å². The van der Waals surface area contributed by atoms with Gasteiger partial charge in [-0.25, -0.2) is 0 Å². The number of hydrogen-bond acceptors (Lipinski definition) is 4. The molecular formula is C22H34O4. The molecule has 146 valence electrons. The van der Waals surface area contributed by atoms with Crippen molar-refractivity contribution in [2.24, 2.45) is 34.5 Å². The minimum absolute atomic E-state index is 0.105. The van der Waals surface area contributed by atoms with E-state index in [1.165, 1.54) is 19.3 Å². The third-order valence-electron chi connectivity index (χ3n) is 8.50. The summed E-state index contributed by atoms with van der Waals surface area (Å²) >= 11 is 0. The van der Waals surface area contributed by atoms with Crippen LogP contribution >= 0.6 is 0 Å². The fourth-order valence-corrected chi connectivity index (χ4v) is 6.96. The van der Waals surface area contributed by atoms with Gasteiger partial charge in [0.15, 0.2) is 5.78 Å². The van der Waals surface area contributed by atoms with Crippen LogP contribution in [-0.4, -0.2) is 30.1 Å². The van der Waals surface area contributed by atoms with Gasteiger partial charge in [0.05, 0.1) is 6.10 Å². The van der Waals surface area contributed by atoms with Crippen molar-refractivity contribution in [3.05, 3.63) is 12.2 Å². The van der Waals surface area contributed by atoms with Gasteiger partial charge < -0.3 is 14.6 Å². The van der Waals surface area contributed by atoms with Crippen molar-refractivity contribution < 1.29 is 19.4 Å². The number of hydrogen-bond donors (Lipinski definition) is 1. The van der Waals surface area contributed by atoms with Crippen LogP contribution < -0.4 is 0 Å². The average molecular weight is 363 g/mol. The Morgan fingerprint density at radius 2 is 2.04 bits per heavy atom. The third kappa shape index (κ3) is 2.80. The highest BCUT2D eigenvalue weighted by molar-refractivity contribution is 5.97. The highest BCUT2D eigenvalue weighted by Gasteiger charge is 2.59. The van der Waals surface area contributed by atoms with Crippen LogP contribution in [0.4, 0.5) is 0 Å². The lowest BCUT2D eigenvalue weighted by atomic mass is 9.45. The molecule has 0 aromatic rings. The first-order chi connectivity index (χ1) is 12.4. The van der Waals surface area contributed by atoms with Crippen molar-refractivity contribution in [3.8, 4) is 0 Å². The van der Waals surface area contributed by atoms with Gasteiger partial charge in [0.2, 0.25) is 0 Å². The second-order valence-corrected chi connectivity index (χ2v) is 9.55. The maximum absolute atomic E-state index is 12.4. The van der Waals surface area contributed by atoms with E-state index in [2.05, 4.69) is 19.9 Å². The molecule has 0 saturated heterocycles. The molecule has 8 atom stereocenters. The Hall–Kier alpha value is -0.710. The zero-order valence-corrected chi connectivity index (χ0v) is 16.4. The van der Waals surface area contributed by atoms with Gasteiger partial charge in [-0.15, -0.1) is 0 Å². The van der Waals surface area contributed by atoms with Crippen LogP contribution in [-0.2, 0) is 14.3 Å². The number of aliphatic hydroxyl groups is 1. The molecule has 4 aliphatic carbocycles. The number of ketones is 1. The Morgan fingerprint density at radius 1 is 1.23 bits per heavy atom. The molecule has 0 heterocycles. The smallest absolute Gasteiger partial charge is 0.269 e. The van der Waals surface area contributed by atoms with Gasteiger partial charge in [0, 0.05) is 12.0 Å². The molecule has 0 amide bonds. The van der Waals surface area contributed by atoms with Gasteiger partial charge in [-0.1, -0.05) is 19.9 Å². The zero-order chi connectivity index (χ0) is 18.5. The SMILES string of the molecule is CCOC(O)OC1CC[C@@]2(C)C(CC[C@@H]3[C@H]2CC[C@]2(C)C(=O)C=C[C@@H]32)C1. The average Bonchev–Trinajstić information content (AvgIpc) is 2.91. The topological polar surface area (TPSA) is 55.8 Å². The van der Waals surface area contributed by atoms with Crippen LogP contribution in [0.2, 0.25) is 0 Å². The van der Waals surface area contributed by atoms with E-state index in [-0.39, 0.29) is 11.5 Å². The van der Waals surface area contributed by atoms with E-state index < -0.39 is 6.48 Å². The van der Waals surface area contributed by atoms with Crippen LogP contribution in [0.1, 0.15) is 65.7 Å². The predicted octanol–water partition coefficient (Wildman–Crippen LogP) is 4.07. The molecule has 4 rings (SSSR count). The quantitative estimate of drug-likeness (QED) is 0.766. The molecule has 3 saturated carbocycles. The number of fused-ring (bicyclic) bond motifs is 5. The molecule has 3 unspecified atom stereocenters. The van der Waals surface area contributed by atoms with E-state index in [0.29, 0.717) is 41.5 Å². The summed E-state index contributed by atoms with van der Waals surface area (Å²) in [5, 5.41) is 9.82. The van der Waals surface area contributed by atoms with Crippen molar-refractivity contribution in [3.63, 3.8) is 0 Å². The summed E-state index contributed by atoms with van der Waals surface area (Å²) in [6, 6.07) is 0. The standard InChI is InChI=1S/C22H34O4/c1-4-25-20(24)26-15-9-11-21(2)14(13-15)5-6-16-17-7-8-19(23)22(17,3)12-10-18(16)21/h7-8,14-18,20,24H,4-6,9-13H2,1-3H3/t14?,15?,16-,17-,18+,20?,21-,22-/m0/s1. The minimum Gasteiger partial charge on any atom is -0.346 e. The zero-order valence-electron chi connectivity index (χ0n) is 16.4. The molecule has 0 aromatic heterocycles. The van der Waals surface area contributed by atoms with E-state index in [4.69, 9.17) is 9.47 Å². The van der Waals surface area contributed by atoms with Gasteiger partial charge in [0.1, 0.15) is 0 Å². The molecule has 0 aliphatic heterocycles. The largest absolute Gasteiger partial charge is 0.346 e. The molecule has 0 aromatic carbocycles. The number of carbonyl (C=O) groups is 1. The molecule has 0 spiro atoms. The van der Waals surface area contributed by atoms with Crippen molar-refractivity contribution in [1.29, 1.82) is 0 Å². The first kappa shape index (κ1) is 18.6. The normalized spacial score (nSPS) is 48.6. The molecule has 3 fully saturated rings. The molecule has 26 heavy (non-hydrogen) atoms. The molecule has 1 N–H and O–H groups in total. The third-order valence-corrected chi connectivity index (χ3v) is 8.50. The summed E-state index contributed by atoms with van der Waals surface area (Å²) in [5.74, 6) is 2.83. The molecular weight excluding hydrogens is 328 g/mol. The molecule has 0 radical (unpaired) electrons. The van der Waals surface area contributed by atoms with E-state index in [9.17, 15) is 9.90 Å². The van der Waals surface area contributed by atoms with E-state index in [1.807, 2.05) is 13.0 Å². The van der Waals surface area contributed by atoms with E-state index in [1.54, 1.807) is 0 Å². The number of ether oxygens (including phenoxy) is 2. The lowest BCUT2D eigenvalue weighted by Gasteiger charge is -2.60. The second-order valence-electron chi connectivity index (χ2n) is 9.55. The van der Waals surface area contributed by atoms with Gasteiger partial charge >= 0.3 is 0 Å². The summed E-state index contributed by atoms with van der Waals surface area (Å²) in [5.41, 5.74) is 0.215. The lowest BCUT2D eigenvalue weighted by molar-refractivity contribution is -0.290. The highest BCUT2D eigenvalue weighted by Crippen LogP contribution is 2.64. The Morgan fingerprint density at radius 3 is 2.81 bits per heavy atom. The fraction of sp³-hybridized carbons (Fsp3) is 0.864. The Kier molecular flexibility index (Phi) is 4.82. The first-order valence-electron chi connectivity index (χ1n) is 10.6. The van der Waals surface area contributed by atoms with Gasteiger partial charge in [-0.3, -0.25) is 4.79 Å². The van der Waals surface area contributed by atoms with Crippen LogP contribution in [0.5, 0.6) is 0 Å². The molecule has 4 aliphatic rings. The summed E-state index contributed by atoms with van der Waals surface area (Å²) in [7, 11) is 0. The van der Waals surface area contributed by atoms with E-state index in [0.717, 1.165) is 25.7 Å². The molecule has 0 bridgehead atoms. The van der Waals surface area contributed by atoms with Crippen molar-refractivity contribution in [2.45, 2.75) is 78.3 Å². The molecule has 4 heteroatoms. The van der Waals surface area contributed by atoms with Crippen molar-refractivity contribution in [2.75, 3.05) is 6.61 Å². The number of carbonyl (C=O) groups excluding carboxylic acids is 1. The summed E-state index contributed by atoms with van der Waals surface area (Å²) in [6.07, 6.45) is 12.0. The highest BCUT2D eigenvalue weighted by atomic mass is 16.8. The van der Waals surface area contributed by atoms with Crippen LogP contribution in [0.15, 0.2) is 12.2 Å². The van der Waals surface area contributed by atoms with Gasteiger partial charge in [-0.2, -0.15) is 0 Å². The number of aliphatic hydroxyl groups excluding tert-OH is 1. The summed E-state index contributed by atoms with van der Waals surface area (Å²) < 4.78 is 10.9. The predicted molar refractivity (Wildman–Crippen MR) is 99.1 cm³/mol. The maximum atomic E-state index is 12.4. The number of rotatable bonds is 4. The molecule has 4 nitrogen and oxygen atoms in total. The number of allylic oxidation sites excluding steroid dienone is 2. The van der Waals surface area contributed by atoms with Gasteiger partial charge in [0.25, 0.3) is 6.48 Å². The van der Waals surface area contributed by atoms with Crippen molar-refractivity contribution >= 4 is 5.78 Å².